The molecule has 7 heteroatoms. The van der Waals surface area contributed by atoms with E-state index in [1.807, 2.05) is 42.5 Å². The van der Waals surface area contributed by atoms with E-state index >= 15 is 0 Å². The second kappa shape index (κ2) is 17.9. The van der Waals surface area contributed by atoms with Crippen molar-refractivity contribution in [2.45, 2.75) is 88.4 Å². The monoisotopic (exact) mass is 795 g/mol. The second-order valence-electron chi connectivity index (χ2n) is 18.3. The fourth-order valence-electron chi connectivity index (χ4n) is 12.1. The highest BCUT2D eigenvalue weighted by Crippen LogP contribution is 2.59. The topological polar surface area (TPSA) is 141 Å². The molecule has 3 aromatic rings. The second-order valence-corrected chi connectivity index (χ2v) is 18.3. The molecule has 6 N–H and O–H groups in total. The van der Waals surface area contributed by atoms with E-state index in [9.17, 15) is 30.0 Å². The lowest BCUT2D eigenvalue weighted by molar-refractivity contribution is -0.149. The van der Waals surface area contributed by atoms with Gasteiger partial charge in [-0.1, -0.05) is 116 Å². The Morgan fingerprint density at radius 2 is 1.80 bits per heavy atom. The van der Waals surface area contributed by atoms with Crippen molar-refractivity contribution >= 4 is 30.2 Å². The van der Waals surface area contributed by atoms with Crippen molar-refractivity contribution in [1.29, 1.82) is 0 Å². The SMILES string of the molecule is NCCC1=CC(C(C=O)CCCCCC2CC=CC(CO)C(C(=O)O)C34CC5C(O)=c6ccccc6=CC5CC3C=Cc3ccc(cc34)CC2c2ccc(O)cc2)CC1. The Balaban J connectivity index is 1.13. The number of allylic oxidation sites excluding steroid dienone is 3. The molecule has 3 aromatic carbocycles. The van der Waals surface area contributed by atoms with E-state index in [4.69, 9.17) is 5.73 Å². The molecule has 0 heterocycles. The van der Waals surface area contributed by atoms with E-state index in [0.717, 1.165) is 96.8 Å². The predicted molar refractivity (Wildman–Crippen MR) is 234 cm³/mol. The van der Waals surface area contributed by atoms with Gasteiger partial charge in [0.25, 0.3) is 0 Å². The van der Waals surface area contributed by atoms with Crippen molar-refractivity contribution in [3.05, 3.63) is 129 Å². The van der Waals surface area contributed by atoms with Crippen LogP contribution in [0.5, 0.6) is 5.75 Å². The van der Waals surface area contributed by atoms with Crippen LogP contribution in [0, 0.1) is 47.3 Å². The molecule has 7 nitrogen and oxygen atoms in total. The first-order valence-corrected chi connectivity index (χ1v) is 22.2. The van der Waals surface area contributed by atoms with Crippen LogP contribution in [-0.2, 0) is 21.4 Å². The van der Waals surface area contributed by atoms with Crippen LogP contribution in [0.25, 0.3) is 17.9 Å². The van der Waals surface area contributed by atoms with Crippen LogP contribution in [-0.4, -0.2) is 45.8 Å². The van der Waals surface area contributed by atoms with Crippen LogP contribution in [0.1, 0.15) is 98.8 Å². The zero-order chi connectivity index (χ0) is 41.1. The predicted octanol–water partition coefficient (Wildman–Crippen LogP) is 8.12. The van der Waals surface area contributed by atoms with Gasteiger partial charge < -0.3 is 31.0 Å². The first kappa shape index (κ1) is 41.0. The zero-order valence-corrected chi connectivity index (χ0v) is 34.2. The number of rotatable bonds is 13. The number of carbonyl (C=O) groups is 2. The van der Waals surface area contributed by atoms with Crippen molar-refractivity contribution in [2.24, 2.45) is 53.1 Å². The number of aliphatic carboxylic acids is 1. The zero-order valence-electron chi connectivity index (χ0n) is 34.2. The number of aldehydes is 1. The third-order valence-electron chi connectivity index (χ3n) is 15.1. The number of aromatic hydroxyl groups is 1. The third kappa shape index (κ3) is 8.13. The molecule has 0 radical (unpaired) electrons. The summed E-state index contributed by atoms with van der Waals surface area (Å²) in [6, 6.07) is 22.2. The highest BCUT2D eigenvalue weighted by molar-refractivity contribution is 5.76. The minimum Gasteiger partial charge on any atom is -0.511 e. The number of fused-ring (bicyclic) bond motifs is 3. The molecule has 1 spiro atoms. The molecule has 0 saturated heterocycles. The maximum Gasteiger partial charge on any atom is 0.308 e. The van der Waals surface area contributed by atoms with Crippen molar-refractivity contribution in [3.8, 4) is 5.75 Å². The lowest BCUT2D eigenvalue weighted by Crippen LogP contribution is -2.56. The van der Waals surface area contributed by atoms with E-state index < -0.39 is 23.2 Å². The first-order chi connectivity index (χ1) is 28.7. The molecule has 0 aromatic heterocycles. The first-order valence-electron chi connectivity index (χ1n) is 22.2. The molecule has 5 aliphatic rings. The summed E-state index contributed by atoms with van der Waals surface area (Å²) in [7, 11) is 0. The van der Waals surface area contributed by atoms with Crippen LogP contribution >= 0.6 is 0 Å². The number of benzene rings is 3. The van der Waals surface area contributed by atoms with E-state index in [2.05, 4.69) is 48.6 Å². The molecule has 59 heavy (non-hydrogen) atoms. The van der Waals surface area contributed by atoms with Crippen LogP contribution < -0.4 is 16.2 Å². The molecule has 310 valence electrons. The molecule has 10 atom stereocenters. The van der Waals surface area contributed by atoms with Crippen molar-refractivity contribution in [2.75, 3.05) is 13.2 Å². The summed E-state index contributed by atoms with van der Waals surface area (Å²) >= 11 is 0. The number of hydrogen-bond acceptors (Lipinski definition) is 6. The molecule has 8 rings (SSSR count). The highest BCUT2D eigenvalue weighted by atomic mass is 16.4. The van der Waals surface area contributed by atoms with Crippen LogP contribution in [0.15, 0.2) is 96.6 Å². The molecular weight excluding hydrogens is 735 g/mol. The van der Waals surface area contributed by atoms with Gasteiger partial charge in [-0.25, -0.2) is 0 Å². The number of aliphatic hydroxyl groups is 2. The number of phenolic OH excluding ortho intramolecular Hbond substituents is 1. The van der Waals surface area contributed by atoms with Crippen molar-refractivity contribution in [1.82, 2.24) is 0 Å². The summed E-state index contributed by atoms with van der Waals surface area (Å²) in [6.45, 7) is 0.352. The Morgan fingerprint density at radius 1 is 0.966 bits per heavy atom. The van der Waals surface area contributed by atoms with Crippen molar-refractivity contribution in [3.63, 3.8) is 0 Å². The number of phenols is 1. The Morgan fingerprint density at radius 3 is 2.58 bits per heavy atom. The van der Waals surface area contributed by atoms with Gasteiger partial charge in [0.05, 0.1) is 12.5 Å². The number of carbonyl (C=O) groups excluding carboxylic acids is 1. The molecule has 0 aliphatic heterocycles. The Hall–Kier alpha value is -4.72. The molecule has 2 bridgehead atoms. The minimum atomic E-state index is -0.920. The summed E-state index contributed by atoms with van der Waals surface area (Å²) in [4.78, 5) is 26.0. The quantitative estimate of drug-likeness (QED) is 0.0669. The normalized spacial score (nSPS) is 30.1. The summed E-state index contributed by atoms with van der Waals surface area (Å²) in [5.41, 5.74) is 10.6. The Labute approximate surface area is 348 Å². The average molecular weight is 796 g/mol. The van der Waals surface area contributed by atoms with Crippen LogP contribution in [0.3, 0.4) is 0 Å². The molecule has 5 aliphatic carbocycles. The average Bonchev–Trinajstić information content (AvgIpc) is 3.71. The fourth-order valence-corrected chi connectivity index (χ4v) is 12.1. The highest BCUT2D eigenvalue weighted by Gasteiger charge is 2.58. The largest absolute Gasteiger partial charge is 0.511 e. The molecule has 0 amide bonds. The maximum absolute atomic E-state index is 13.9. The third-order valence-corrected chi connectivity index (χ3v) is 15.1. The summed E-state index contributed by atoms with van der Waals surface area (Å²) in [5, 5.41) is 46.6. The van der Waals surface area contributed by atoms with Gasteiger partial charge in [-0.3, -0.25) is 4.79 Å². The maximum atomic E-state index is 13.9. The molecule has 10 unspecified atom stereocenters. The van der Waals surface area contributed by atoms with Crippen LogP contribution in [0.2, 0.25) is 0 Å². The molecule has 1 fully saturated rings. The minimum absolute atomic E-state index is 0.0441. The smallest absolute Gasteiger partial charge is 0.308 e. The number of carboxylic acid groups (broad SMARTS) is 1. The molecular formula is C52H61NO6. The lowest BCUT2D eigenvalue weighted by Gasteiger charge is -2.55. The Bertz CT molecular complexity index is 2220. The van der Waals surface area contributed by atoms with E-state index in [1.165, 1.54) is 5.57 Å². The van der Waals surface area contributed by atoms with Gasteiger partial charge in [-0.2, -0.15) is 0 Å². The van der Waals surface area contributed by atoms with E-state index in [0.29, 0.717) is 37.5 Å². The molecule has 1 saturated carbocycles. The summed E-state index contributed by atoms with van der Waals surface area (Å²) < 4.78 is 0. The van der Waals surface area contributed by atoms with Crippen molar-refractivity contribution < 1.29 is 30.0 Å². The summed E-state index contributed by atoms with van der Waals surface area (Å²) in [6.07, 6.45) is 24.7. The number of aliphatic hydroxyl groups excluding tert-OH is 2. The van der Waals surface area contributed by atoms with Gasteiger partial charge in [0.1, 0.15) is 17.8 Å². The Kier molecular flexibility index (Phi) is 12.4. The fraction of sp³-hybridized carbons (Fsp3) is 0.462. The van der Waals surface area contributed by atoms with E-state index in [1.54, 1.807) is 12.1 Å². The van der Waals surface area contributed by atoms with E-state index in [-0.39, 0.29) is 47.9 Å². The number of nitrogens with two attached hydrogens (primary N) is 1. The van der Waals surface area contributed by atoms with Gasteiger partial charge in [-0.15, -0.1) is 0 Å². The lowest BCUT2D eigenvalue weighted by atomic mass is 9.47. The number of unbranched alkanes of at least 4 members (excludes halogenated alkanes) is 2. The number of hydrogen-bond donors (Lipinski definition) is 5. The number of carboxylic acids is 1. The van der Waals surface area contributed by atoms with Gasteiger partial charge in [0, 0.05) is 28.4 Å². The standard InChI is InChI=1S/C52H61NO6/c53-24-23-33-13-16-38(25-33)40(31-54)9-3-1-2-7-35-10-6-11-41(32-55)49(51(58)59)52-30-47-42(28-39-8-4-5-12-45(39)50(47)57)29-43(52)20-17-37-15-14-34(27-48(37)52)26-46(35)36-18-21-44(56)22-19-36/h4-6,8,11-12,14-15,17-22,25,27-28,31,35,38,40-43,46-47,49,55-57H,1-3,7,9-10,13,16,23-24,26,29-30,32,53H2,(H,58,59). The van der Waals surface area contributed by atoms with Gasteiger partial charge >= 0.3 is 5.97 Å². The van der Waals surface area contributed by atoms with Gasteiger partial charge in [0.2, 0.25) is 0 Å². The van der Waals surface area contributed by atoms with Gasteiger partial charge in [0.15, 0.2) is 0 Å². The van der Waals surface area contributed by atoms with Gasteiger partial charge in [-0.05, 0) is 134 Å². The van der Waals surface area contributed by atoms with Crippen LogP contribution in [0.4, 0.5) is 0 Å². The summed E-state index contributed by atoms with van der Waals surface area (Å²) in [5.74, 6) is -1.51.